The van der Waals surface area contributed by atoms with E-state index in [0.29, 0.717) is 5.69 Å². The van der Waals surface area contributed by atoms with Crippen molar-refractivity contribution in [2.24, 2.45) is 12.8 Å². The number of unbranched alkanes of at least 4 members (excludes halogenated alkanes) is 1. The van der Waals surface area contributed by atoms with Gasteiger partial charge in [0.1, 0.15) is 5.69 Å². The van der Waals surface area contributed by atoms with Crippen LogP contribution in [0.4, 0.5) is 0 Å². The minimum Gasteiger partial charge on any atom is -0.335 e. The smallest absolute Gasteiger partial charge is 0.272 e. The second kappa shape index (κ2) is 6.68. The Kier molecular flexibility index (Phi) is 4.93. The van der Waals surface area contributed by atoms with E-state index >= 15 is 0 Å². The Balaban J connectivity index is 1.80. The fourth-order valence-corrected chi connectivity index (χ4v) is 2.38. The van der Waals surface area contributed by atoms with E-state index < -0.39 is 0 Å². The van der Waals surface area contributed by atoms with Crippen LogP contribution in [0.1, 0.15) is 23.3 Å². The highest BCUT2D eigenvalue weighted by atomic mass is 16.2. The second-order valence-corrected chi connectivity index (χ2v) is 5.02. The Morgan fingerprint density at radius 1 is 1.32 bits per heavy atom. The van der Waals surface area contributed by atoms with Crippen molar-refractivity contribution in [3.63, 3.8) is 0 Å². The van der Waals surface area contributed by atoms with Crippen molar-refractivity contribution >= 4 is 5.91 Å². The van der Waals surface area contributed by atoms with E-state index in [4.69, 9.17) is 5.73 Å². The molecular formula is C13H23N5O. The topological polar surface area (TPSA) is 67.4 Å². The standard InChI is InChI=1S/C13H23N5O/c1-16-11-15-10-12(16)13(19)18-8-6-17(7-9-18)5-3-2-4-14/h10-11H,2-9,14H2,1H3. The summed E-state index contributed by atoms with van der Waals surface area (Å²) in [7, 11) is 1.85. The number of carbonyl (C=O) groups is 1. The maximum Gasteiger partial charge on any atom is 0.272 e. The monoisotopic (exact) mass is 265 g/mol. The van der Waals surface area contributed by atoms with Crippen LogP contribution >= 0.6 is 0 Å². The first-order chi connectivity index (χ1) is 9.22. The van der Waals surface area contributed by atoms with Gasteiger partial charge in [-0.3, -0.25) is 9.69 Å². The fraction of sp³-hybridized carbons (Fsp3) is 0.692. The summed E-state index contributed by atoms with van der Waals surface area (Å²) in [5.41, 5.74) is 6.16. The van der Waals surface area contributed by atoms with Crippen LogP contribution in [-0.2, 0) is 7.05 Å². The Labute approximate surface area is 114 Å². The average molecular weight is 265 g/mol. The highest BCUT2D eigenvalue weighted by Crippen LogP contribution is 2.08. The molecule has 6 nitrogen and oxygen atoms in total. The lowest BCUT2D eigenvalue weighted by atomic mass is 10.2. The molecule has 2 N–H and O–H groups in total. The number of nitrogens with zero attached hydrogens (tertiary/aromatic N) is 4. The molecule has 0 unspecified atom stereocenters. The summed E-state index contributed by atoms with van der Waals surface area (Å²) in [5.74, 6) is 0.0848. The van der Waals surface area contributed by atoms with Gasteiger partial charge in [-0.05, 0) is 25.9 Å². The van der Waals surface area contributed by atoms with Gasteiger partial charge in [0.15, 0.2) is 0 Å². The molecule has 0 radical (unpaired) electrons. The van der Waals surface area contributed by atoms with E-state index in [1.54, 1.807) is 17.1 Å². The Bertz CT molecular complexity index is 409. The van der Waals surface area contributed by atoms with Gasteiger partial charge in [0.05, 0.1) is 12.5 Å². The zero-order valence-corrected chi connectivity index (χ0v) is 11.6. The van der Waals surface area contributed by atoms with Crippen molar-refractivity contribution in [2.45, 2.75) is 12.8 Å². The third-order valence-corrected chi connectivity index (χ3v) is 3.62. The minimum absolute atomic E-state index is 0.0848. The number of nitrogens with two attached hydrogens (primary N) is 1. The van der Waals surface area contributed by atoms with Crippen LogP contribution in [-0.4, -0.2) is 64.5 Å². The molecule has 1 aromatic rings. The number of hydrogen-bond donors (Lipinski definition) is 1. The molecule has 0 aliphatic carbocycles. The molecule has 0 saturated carbocycles. The van der Waals surface area contributed by atoms with Gasteiger partial charge in [-0.15, -0.1) is 0 Å². The average Bonchev–Trinajstić information content (AvgIpc) is 2.85. The van der Waals surface area contributed by atoms with Crippen LogP contribution in [0.15, 0.2) is 12.5 Å². The number of rotatable bonds is 5. The summed E-state index contributed by atoms with van der Waals surface area (Å²) < 4.78 is 1.77. The molecule has 0 spiro atoms. The van der Waals surface area contributed by atoms with Crippen LogP contribution in [0.25, 0.3) is 0 Å². The third kappa shape index (κ3) is 3.54. The van der Waals surface area contributed by atoms with Gasteiger partial charge in [-0.2, -0.15) is 0 Å². The van der Waals surface area contributed by atoms with Crippen molar-refractivity contribution in [3.8, 4) is 0 Å². The molecule has 1 aliphatic heterocycles. The normalized spacial score (nSPS) is 16.8. The summed E-state index contributed by atoms with van der Waals surface area (Å²) in [4.78, 5) is 20.6. The summed E-state index contributed by atoms with van der Waals surface area (Å²) in [6.07, 6.45) is 5.52. The molecular weight excluding hydrogens is 242 g/mol. The molecule has 1 amide bonds. The number of amides is 1. The maximum absolute atomic E-state index is 12.3. The lowest BCUT2D eigenvalue weighted by Gasteiger charge is -2.34. The Hall–Kier alpha value is -1.40. The van der Waals surface area contributed by atoms with Gasteiger partial charge in [0.2, 0.25) is 0 Å². The molecule has 1 aromatic heterocycles. The van der Waals surface area contributed by atoms with Crippen molar-refractivity contribution in [1.29, 1.82) is 0 Å². The van der Waals surface area contributed by atoms with E-state index in [1.807, 2.05) is 11.9 Å². The van der Waals surface area contributed by atoms with E-state index in [-0.39, 0.29) is 5.91 Å². The zero-order valence-electron chi connectivity index (χ0n) is 11.6. The first kappa shape index (κ1) is 14.0. The lowest BCUT2D eigenvalue weighted by Crippen LogP contribution is -2.49. The highest BCUT2D eigenvalue weighted by molar-refractivity contribution is 5.92. The quantitative estimate of drug-likeness (QED) is 0.756. The molecule has 6 heteroatoms. The molecule has 1 fully saturated rings. The molecule has 0 aromatic carbocycles. The van der Waals surface area contributed by atoms with Crippen LogP contribution in [0.2, 0.25) is 0 Å². The molecule has 19 heavy (non-hydrogen) atoms. The zero-order chi connectivity index (χ0) is 13.7. The van der Waals surface area contributed by atoms with Crippen molar-refractivity contribution in [1.82, 2.24) is 19.4 Å². The summed E-state index contributed by atoms with van der Waals surface area (Å²) in [6, 6.07) is 0. The SMILES string of the molecule is Cn1cncc1C(=O)N1CCN(CCCCN)CC1. The second-order valence-electron chi connectivity index (χ2n) is 5.02. The summed E-state index contributed by atoms with van der Waals surface area (Å²) in [5, 5.41) is 0. The number of carbonyl (C=O) groups excluding carboxylic acids is 1. The molecule has 1 aliphatic rings. The van der Waals surface area contributed by atoms with Crippen LogP contribution in [0.3, 0.4) is 0 Å². The number of aromatic nitrogens is 2. The van der Waals surface area contributed by atoms with Gasteiger partial charge < -0.3 is 15.2 Å². The largest absolute Gasteiger partial charge is 0.335 e. The highest BCUT2D eigenvalue weighted by Gasteiger charge is 2.23. The predicted molar refractivity (Wildman–Crippen MR) is 73.8 cm³/mol. The summed E-state index contributed by atoms with van der Waals surface area (Å²) >= 11 is 0. The number of piperazine rings is 1. The first-order valence-electron chi connectivity index (χ1n) is 6.90. The van der Waals surface area contributed by atoms with Gasteiger partial charge in [-0.25, -0.2) is 4.98 Å². The van der Waals surface area contributed by atoms with Crippen molar-refractivity contribution in [3.05, 3.63) is 18.2 Å². The van der Waals surface area contributed by atoms with Gasteiger partial charge in [0, 0.05) is 33.2 Å². The predicted octanol–water partition coefficient (Wildman–Crippen LogP) is -0.0832. The van der Waals surface area contributed by atoms with E-state index in [9.17, 15) is 4.79 Å². The van der Waals surface area contributed by atoms with E-state index in [0.717, 1.165) is 52.1 Å². The molecule has 0 bridgehead atoms. The number of hydrogen-bond acceptors (Lipinski definition) is 4. The van der Waals surface area contributed by atoms with Gasteiger partial charge in [-0.1, -0.05) is 0 Å². The third-order valence-electron chi connectivity index (χ3n) is 3.62. The number of imidazole rings is 1. The van der Waals surface area contributed by atoms with Crippen LogP contribution in [0, 0.1) is 0 Å². The molecule has 106 valence electrons. The number of aryl methyl sites for hydroxylation is 1. The van der Waals surface area contributed by atoms with Crippen molar-refractivity contribution < 1.29 is 4.79 Å². The lowest BCUT2D eigenvalue weighted by molar-refractivity contribution is 0.0626. The van der Waals surface area contributed by atoms with E-state index in [2.05, 4.69) is 9.88 Å². The molecule has 2 heterocycles. The summed E-state index contributed by atoms with van der Waals surface area (Å²) in [6.45, 7) is 5.35. The first-order valence-corrected chi connectivity index (χ1v) is 6.90. The van der Waals surface area contributed by atoms with Crippen LogP contribution < -0.4 is 5.73 Å². The van der Waals surface area contributed by atoms with Crippen LogP contribution in [0.5, 0.6) is 0 Å². The fourth-order valence-electron chi connectivity index (χ4n) is 2.38. The molecule has 0 atom stereocenters. The van der Waals surface area contributed by atoms with Crippen molar-refractivity contribution in [2.75, 3.05) is 39.3 Å². The minimum atomic E-state index is 0.0848. The Morgan fingerprint density at radius 2 is 2.05 bits per heavy atom. The van der Waals surface area contributed by atoms with Gasteiger partial charge >= 0.3 is 0 Å². The van der Waals surface area contributed by atoms with E-state index in [1.165, 1.54) is 0 Å². The van der Waals surface area contributed by atoms with Gasteiger partial charge in [0.25, 0.3) is 5.91 Å². The Morgan fingerprint density at radius 3 is 2.63 bits per heavy atom. The maximum atomic E-state index is 12.3. The molecule has 2 rings (SSSR count). The molecule has 1 saturated heterocycles.